The molecule has 0 aromatic heterocycles. The highest BCUT2D eigenvalue weighted by atomic mass is 16.8. The molecule has 8 fully saturated rings. The Morgan fingerprint density at radius 3 is 0.517 bits per heavy atom. The Kier molecular flexibility index (Phi) is 25.9. The van der Waals surface area contributed by atoms with Gasteiger partial charge in [0.2, 0.25) is 0 Å². The first-order valence-electron chi connectivity index (χ1n) is 28.2. The molecule has 0 radical (unpaired) electrons. The summed E-state index contributed by atoms with van der Waals surface area (Å²) in [5, 5.41) is 281. The highest BCUT2D eigenvalue weighted by molar-refractivity contribution is 5.02. The van der Waals surface area contributed by atoms with E-state index in [0.717, 1.165) is 0 Å². The summed E-state index contributed by atoms with van der Waals surface area (Å²) < 4.78 is 83.5. The average Bonchev–Trinajstić information content (AvgIpc) is 1.73. The zero-order valence-electron chi connectivity index (χ0n) is 46.5. The van der Waals surface area contributed by atoms with Crippen molar-refractivity contribution in [2.24, 2.45) is 0 Å². The molecule has 8 rings (SSSR count). The molecule has 41 heteroatoms. The van der Waals surface area contributed by atoms with E-state index in [1.807, 2.05) is 0 Å². The molecule has 0 spiro atoms. The molecule has 1 unspecified atom stereocenters. The summed E-state index contributed by atoms with van der Waals surface area (Å²) in [6, 6.07) is 0. The highest BCUT2D eigenvalue weighted by Crippen LogP contribution is 2.39. The molecular formula is C48H82O41. The zero-order valence-corrected chi connectivity index (χ0v) is 46.5. The van der Waals surface area contributed by atoms with E-state index in [0.29, 0.717) is 0 Å². The molecule has 0 aliphatic carbocycles. The van der Waals surface area contributed by atoms with Crippen molar-refractivity contribution in [3.05, 3.63) is 0 Å². The third-order valence-electron chi connectivity index (χ3n) is 16.7. The number of ether oxygens (including phenoxy) is 15. The van der Waals surface area contributed by atoms with Gasteiger partial charge in [-0.15, -0.1) is 0 Å². The Morgan fingerprint density at radius 1 is 0.169 bits per heavy atom. The monoisotopic (exact) mass is 1310 g/mol. The SMILES string of the molecule is OC[C@H]1O[C@@H](O[C@@H]2[C@@H](O)[C@H](O[C@@H]3[C@@H](O)[C@H](O[C@@H]4[C@@H](O)[C@H](O[C@@H]5[C@@H](O)[C@H](O[C@@H]6[C@@H](O)[C@H](O[C@@H]7[C@@H](O)[C@H](O[C@H]8[C@H](O)[C@@H](CO)OC(O)[C@@H]8O)O[C@H](CO)[C@H]7O)O[C@H](CO)[C@H]6O)O[C@H](CO)[C@H]5O)O[C@H](CO)[C@H]4O)O[C@H](CO)[C@H]3O)O[C@H](CO)[C@H]2O)[C@H](O)[C@@H](O)[C@@H]1O. The molecule has 8 heterocycles. The van der Waals surface area contributed by atoms with E-state index in [-0.39, 0.29) is 0 Å². The van der Waals surface area contributed by atoms with Crippen LogP contribution in [0.15, 0.2) is 0 Å². The Balaban J connectivity index is 0.965. The van der Waals surface area contributed by atoms with Gasteiger partial charge in [-0.25, -0.2) is 0 Å². The highest BCUT2D eigenvalue weighted by Gasteiger charge is 2.60. The first kappa shape index (κ1) is 73.2. The summed E-state index contributed by atoms with van der Waals surface area (Å²) in [5.41, 5.74) is 0. The Morgan fingerprint density at radius 2 is 0.326 bits per heavy atom. The van der Waals surface area contributed by atoms with Gasteiger partial charge in [-0.05, 0) is 0 Å². The first-order valence-corrected chi connectivity index (χ1v) is 28.2. The van der Waals surface area contributed by atoms with Crippen LogP contribution in [0.4, 0.5) is 0 Å². The predicted molar refractivity (Wildman–Crippen MR) is 264 cm³/mol. The van der Waals surface area contributed by atoms with E-state index in [1.165, 1.54) is 0 Å². The number of hydrogen-bond acceptors (Lipinski definition) is 41. The maximum Gasteiger partial charge on any atom is 0.187 e. The second-order valence-electron chi connectivity index (χ2n) is 22.4. The molecule has 41 nitrogen and oxygen atoms in total. The summed E-state index contributed by atoms with van der Waals surface area (Å²) in [4.78, 5) is 0. The van der Waals surface area contributed by atoms with Crippen molar-refractivity contribution in [3.8, 4) is 0 Å². The molecule has 8 saturated heterocycles. The molecule has 0 amide bonds. The molecule has 8 aliphatic rings. The van der Waals surface area contributed by atoms with Gasteiger partial charge in [-0.3, -0.25) is 0 Å². The van der Waals surface area contributed by atoms with Gasteiger partial charge in [0.05, 0.1) is 52.9 Å². The molecular weight excluding hydrogens is 1230 g/mol. The van der Waals surface area contributed by atoms with Crippen molar-refractivity contribution in [1.29, 1.82) is 0 Å². The maximum absolute atomic E-state index is 11.8. The number of aliphatic hydroxyl groups excluding tert-OH is 26. The largest absolute Gasteiger partial charge is 0.394 e. The molecule has 0 bridgehead atoms. The van der Waals surface area contributed by atoms with Crippen LogP contribution in [0.2, 0.25) is 0 Å². The van der Waals surface area contributed by atoms with Gasteiger partial charge >= 0.3 is 0 Å². The fraction of sp³-hybridized carbons (Fsp3) is 1.00. The van der Waals surface area contributed by atoms with Crippen molar-refractivity contribution in [3.63, 3.8) is 0 Å². The minimum Gasteiger partial charge on any atom is -0.394 e. The van der Waals surface area contributed by atoms with E-state index in [1.54, 1.807) is 0 Å². The fourth-order valence-electron chi connectivity index (χ4n) is 11.4. The molecule has 40 atom stereocenters. The van der Waals surface area contributed by atoms with Crippen LogP contribution in [0.25, 0.3) is 0 Å². The lowest BCUT2D eigenvalue weighted by Crippen LogP contribution is -2.69. The smallest absolute Gasteiger partial charge is 0.187 e. The van der Waals surface area contributed by atoms with Gasteiger partial charge in [-0.2, -0.15) is 0 Å². The molecule has 0 aromatic carbocycles. The van der Waals surface area contributed by atoms with Gasteiger partial charge in [-0.1, -0.05) is 0 Å². The van der Waals surface area contributed by atoms with Crippen molar-refractivity contribution in [2.45, 2.75) is 246 Å². The minimum atomic E-state index is -2.38. The van der Waals surface area contributed by atoms with Gasteiger partial charge < -0.3 is 204 Å². The lowest BCUT2D eigenvalue weighted by Gasteiger charge is -2.50. The summed E-state index contributed by atoms with van der Waals surface area (Å²) in [6.45, 7) is -8.32. The van der Waals surface area contributed by atoms with Crippen LogP contribution in [0, 0.1) is 0 Å². The predicted octanol–water partition coefficient (Wildman–Crippen LogP) is -18.5. The maximum atomic E-state index is 11.8. The fourth-order valence-corrected chi connectivity index (χ4v) is 11.4. The van der Waals surface area contributed by atoms with Crippen LogP contribution >= 0.6 is 0 Å². The molecule has 520 valence electrons. The van der Waals surface area contributed by atoms with E-state index in [2.05, 4.69) is 0 Å². The standard InChI is InChI=1S/C48H82O41/c49-1-9-17(57)25(65)26(66)42(76-9)84-35-19(59)11(3-51)78-44(28(35)68)86-37-21(61)13(5-53)80-46(30(37)70)88-39-23(63)15(7-55)82-48(32(39)72)89-40-24(64)16(8-56)81-47(33(40)73)87-38-22(62)14(6-54)79-45(31(38)71)85-36-20(60)12(4-52)77-43(29(36)69)83-34-18(58)10(2-50)75-41(74)27(34)67/h9-74H,1-8H2/t9-,10-,11-,12-,13-,14-,15-,16-,17-,18-,19-,20-,21-,22-,23-,24-,25+,26-,27-,28-,29-,30-,31-,32-,33-,34+,35+,36+,37+,38+,39+,40+,41?,42+,43+,44+,45+,46+,47+,48+/m1/s1. The van der Waals surface area contributed by atoms with Crippen LogP contribution in [-0.2, 0) is 71.1 Å². The quantitative estimate of drug-likeness (QED) is 0.0479. The summed E-state index contributed by atoms with van der Waals surface area (Å²) in [6.07, 6.45) is -81.9. The number of aliphatic hydroxyl groups is 26. The Hall–Kier alpha value is -1.64. The molecule has 8 aliphatic heterocycles. The zero-order chi connectivity index (χ0) is 65.4. The second kappa shape index (κ2) is 31.5. The van der Waals surface area contributed by atoms with Crippen LogP contribution in [-0.4, -0.2) is 431 Å². The second-order valence-corrected chi connectivity index (χ2v) is 22.4. The van der Waals surface area contributed by atoms with E-state index < -0.39 is 299 Å². The molecule has 0 aromatic rings. The van der Waals surface area contributed by atoms with Gasteiger partial charge in [0.15, 0.2) is 50.3 Å². The molecule has 0 saturated carbocycles. The normalized spacial score (nSPS) is 53.6. The average molecular weight is 1320 g/mol. The number of hydrogen-bond donors (Lipinski definition) is 26. The van der Waals surface area contributed by atoms with Gasteiger partial charge in [0.25, 0.3) is 0 Å². The first-order chi connectivity index (χ1) is 42.2. The van der Waals surface area contributed by atoms with Crippen LogP contribution in [0.3, 0.4) is 0 Å². The van der Waals surface area contributed by atoms with Crippen LogP contribution in [0.1, 0.15) is 0 Å². The lowest BCUT2D eigenvalue weighted by molar-refractivity contribution is -0.402. The summed E-state index contributed by atoms with van der Waals surface area (Å²) >= 11 is 0. The van der Waals surface area contributed by atoms with Crippen LogP contribution < -0.4 is 0 Å². The molecule has 26 N–H and O–H groups in total. The van der Waals surface area contributed by atoms with E-state index in [9.17, 15) is 133 Å². The van der Waals surface area contributed by atoms with Gasteiger partial charge in [0.1, 0.15) is 195 Å². The van der Waals surface area contributed by atoms with Crippen molar-refractivity contribution in [1.82, 2.24) is 0 Å². The summed E-state index contributed by atoms with van der Waals surface area (Å²) in [5.74, 6) is 0. The summed E-state index contributed by atoms with van der Waals surface area (Å²) in [7, 11) is 0. The van der Waals surface area contributed by atoms with Gasteiger partial charge in [0, 0.05) is 0 Å². The topological polar surface area (TPSA) is 664 Å². The lowest BCUT2D eigenvalue weighted by atomic mass is 9.95. The van der Waals surface area contributed by atoms with Crippen molar-refractivity contribution >= 4 is 0 Å². The third kappa shape index (κ3) is 15.0. The van der Waals surface area contributed by atoms with Crippen molar-refractivity contribution in [2.75, 3.05) is 52.9 Å². The third-order valence-corrected chi connectivity index (χ3v) is 16.7. The van der Waals surface area contributed by atoms with Crippen molar-refractivity contribution < 1.29 is 204 Å². The van der Waals surface area contributed by atoms with E-state index in [4.69, 9.17) is 71.1 Å². The molecule has 89 heavy (non-hydrogen) atoms. The Bertz CT molecular complexity index is 2130. The number of rotatable bonds is 22. The Labute approximate surface area is 501 Å². The van der Waals surface area contributed by atoms with E-state index >= 15 is 0 Å². The minimum absolute atomic E-state index is 0.895. The van der Waals surface area contributed by atoms with Crippen LogP contribution in [0.5, 0.6) is 0 Å².